The smallest absolute Gasteiger partial charge is 0.352 e. The van der Waals surface area contributed by atoms with Gasteiger partial charge >= 0.3 is 5.97 Å². The fraction of sp³-hybridized carbons (Fsp3) is 0. The van der Waals surface area contributed by atoms with E-state index in [1.54, 1.807) is 48.5 Å². The number of carbonyl (C=O) groups is 2. The zero-order valence-corrected chi connectivity index (χ0v) is 15.5. The van der Waals surface area contributed by atoms with Crippen molar-refractivity contribution in [1.29, 1.82) is 0 Å². The van der Waals surface area contributed by atoms with Gasteiger partial charge in [0.05, 0.1) is 5.02 Å². The van der Waals surface area contributed by atoms with Crippen LogP contribution in [-0.2, 0) is 4.79 Å². The van der Waals surface area contributed by atoms with Crippen LogP contribution in [0.5, 0.6) is 0 Å². The number of aliphatic carboxylic acids is 1. The number of furan rings is 1. The molecule has 136 valence electrons. The number of carbonyl (C=O) groups excluding carboxylic acids is 1. The third kappa shape index (κ3) is 5.03. The Morgan fingerprint density at radius 2 is 1.70 bits per heavy atom. The van der Waals surface area contributed by atoms with E-state index in [1.807, 2.05) is 18.2 Å². The summed E-state index contributed by atoms with van der Waals surface area (Å²) in [5.74, 6) is -1.48. The maximum Gasteiger partial charge on any atom is 0.352 e. The van der Waals surface area contributed by atoms with Gasteiger partial charge < -0.3 is 14.8 Å². The molecule has 0 aliphatic rings. The highest BCUT2D eigenvalue weighted by Gasteiger charge is 2.14. The zero-order valence-electron chi connectivity index (χ0n) is 13.9. The summed E-state index contributed by atoms with van der Waals surface area (Å²) < 4.78 is 5.62. The summed E-state index contributed by atoms with van der Waals surface area (Å²) in [6.07, 6.45) is 1.26. The lowest BCUT2D eigenvalue weighted by Gasteiger charge is -2.05. The number of hydrogen-bond acceptors (Lipinski definition) is 4. The maximum absolute atomic E-state index is 12.2. The Morgan fingerprint density at radius 1 is 1.00 bits per heavy atom. The van der Waals surface area contributed by atoms with E-state index in [1.165, 1.54) is 17.8 Å². The predicted octanol–water partition coefficient (Wildman–Crippen LogP) is 4.94. The molecule has 1 amide bonds. The summed E-state index contributed by atoms with van der Waals surface area (Å²) in [6.45, 7) is 0. The fourth-order valence-corrected chi connectivity index (χ4v) is 3.23. The Balaban J connectivity index is 1.77. The monoisotopic (exact) mass is 399 g/mol. The number of nitrogens with one attached hydrogen (secondary N) is 1. The van der Waals surface area contributed by atoms with Gasteiger partial charge in [-0.25, -0.2) is 4.79 Å². The van der Waals surface area contributed by atoms with Gasteiger partial charge in [0.25, 0.3) is 5.91 Å². The largest absolute Gasteiger partial charge is 0.477 e. The van der Waals surface area contributed by atoms with Gasteiger partial charge in [0.2, 0.25) is 0 Å². The zero-order chi connectivity index (χ0) is 19.2. The Morgan fingerprint density at radius 3 is 2.41 bits per heavy atom. The summed E-state index contributed by atoms with van der Waals surface area (Å²) >= 11 is 7.44. The maximum atomic E-state index is 12.2. The molecule has 0 aliphatic carbocycles. The lowest BCUT2D eigenvalue weighted by Crippen LogP contribution is -2.27. The van der Waals surface area contributed by atoms with Crippen molar-refractivity contribution in [2.45, 2.75) is 9.99 Å². The van der Waals surface area contributed by atoms with Crippen molar-refractivity contribution in [3.8, 4) is 0 Å². The summed E-state index contributed by atoms with van der Waals surface area (Å²) in [7, 11) is 0. The molecule has 7 heteroatoms. The van der Waals surface area contributed by atoms with Gasteiger partial charge in [0.1, 0.15) is 11.5 Å². The normalized spacial score (nSPS) is 11.2. The van der Waals surface area contributed by atoms with Crippen LogP contribution >= 0.6 is 23.4 Å². The molecule has 3 aromatic rings. The van der Waals surface area contributed by atoms with Crippen LogP contribution < -0.4 is 5.32 Å². The van der Waals surface area contributed by atoms with Gasteiger partial charge in [-0.15, -0.1) is 0 Å². The van der Waals surface area contributed by atoms with Gasteiger partial charge in [0, 0.05) is 16.5 Å². The Hall–Kier alpha value is -2.96. The van der Waals surface area contributed by atoms with E-state index >= 15 is 0 Å². The van der Waals surface area contributed by atoms with Gasteiger partial charge in [-0.3, -0.25) is 4.79 Å². The topological polar surface area (TPSA) is 79.5 Å². The van der Waals surface area contributed by atoms with Crippen molar-refractivity contribution in [3.05, 3.63) is 88.8 Å². The molecule has 0 saturated heterocycles. The molecule has 1 heterocycles. The summed E-state index contributed by atoms with van der Waals surface area (Å²) in [5, 5.41) is 12.9. The molecule has 0 fully saturated rings. The average molecular weight is 400 g/mol. The van der Waals surface area contributed by atoms with Crippen LogP contribution in [0.15, 0.2) is 86.8 Å². The Kier molecular flexibility index (Phi) is 6.01. The SMILES string of the molecule is O=C(O)C(=Cc1ccc(Sc2ccccc2Cl)o1)NC(=O)c1ccccc1. The molecule has 0 aliphatic heterocycles. The van der Waals surface area contributed by atoms with Gasteiger partial charge in [-0.1, -0.05) is 53.7 Å². The number of rotatable bonds is 6. The number of hydrogen-bond donors (Lipinski definition) is 2. The number of benzene rings is 2. The van der Waals surface area contributed by atoms with Crippen LogP contribution in [0.25, 0.3) is 6.08 Å². The quantitative estimate of drug-likeness (QED) is 0.574. The first-order valence-electron chi connectivity index (χ1n) is 7.86. The number of carboxylic acids is 1. The predicted molar refractivity (Wildman–Crippen MR) is 104 cm³/mol. The lowest BCUT2D eigenvalue weighted by atomic mass is 10.2. The average Bonchev–Trinajstić information content (AvgIpc) is 3.10. The molecule has 0 unspecified atom stereocenters. The van der Waals surface area contributed by atoms with Crippen molar-refractivity contribution >= 4 is 41.3 Å². The third-order valence-electron chi connectivity index (χ3n) is 3.45. The van der Waals surface area contributed by atoms with Crippen molar-refractivity contribution in [2.24, 2.45) is 0 Å². The second kappa shape index (κ2) is 8.62. The fourth-order valence-electron chi connectivity index (χ4n) is 2.18. The minimum atomic E-state index is -1.27. The van der Waals surface area contributed by atoms with Crippen molar-refractivity contribution in [1.82, 2.24) is 5.32 Å². The van der Waals surface area contributed by atoms with Crippen molar-refractivity contribution in [3.63, 3.8) is 0 Å². The molecule has 2 aromatic carbocycles. The van der Waals surface area contributed by atoms with Crippen molar-refractivity contribution in [2.75, 3.05) is 0 Å². The third-order valence-corrected chi connectivity index (χ3v) is 4.89. The number of halogens is 1. The van der Waals surface area contributed by atoms with E-state index in [0.717, 1.165) is 4.90 Å². The van der Waals surface area contributed by atoms with E-state index in [-0.39, 0.29) is 5.70 Å². The first-order chi connectivity index (χ1) is 13.0. The van der Waals surface area contributed by atoms with Gasteiger partial charge in [-0.2, -0.15) is 0 Å². The molecule has 0 atom stereocenters. The van der Waals surface area contributed by atoms with E-state index < -0.39 is 11.9 Å². The first kappa shape index (κ1) is 18.8. The van der Waals surface area contributed by atoms with E-state index in [4.69, 9.17) is 16.0 Å². The van der Waals surface area contributed by atoms with Crippen LogP contribution in [0, 0.1) is 0 Å². The molecular formula is C20H14ClNO4S. The number of amides is 1. The van der Waals surface area contributed by atoms with E-state index in [9.17, 15) is 14.7 Å². The molecule has 5 nitrogen and oxygen atoms in total. The highest BCUT2D eigenvalue weighted by molar-refractivity contribution is 7.99. The van der Waals surface area contributed by atoms with Crippen LogP contribution in [-0.4, -0.2) is 17.0 Å². The minimum absolute atomic E-state index is 0.285. The molecule has 2 N–H and O–H groups in total. The Labute approximate surface area is 164 Å². The molecular weight excluding hydrogens is 386 g/mol. The van der Waals surface area contributed by atoms with Crippen LogP contribution in [0.3, 0.4) is 0 Å². The van der Waals surface area contributed by atoms with Crippen molar-refractivity contribution < 1.29 is 19.1 Å². The highest BCUT2D eigenvalue weighted by atomic mass is 35.5. The lowest BCUT2D eigenvalue weighted by molar-refractivity contribution is -0.132. The standard InChI is InChI=1S/C20H14ClNO4S/c21-15-8-4-5-9-17(15)27-18-11-10-14(26-18)12-16(20(24)25)22-19(23)13-6-2-1-3-7-13/h1-12H,(H,22,23)(H,24,25). The van der Waals surface area contributed by atoms with E-state index in [2.05, 4.69) is 5.32 Å². The van der Waals surface area contributed by atoms with Crippen LogP contribution in [0.4, 0.5) is 0 Å². The molecule has 0 bridgehead atoms. The first-order valence-corrected chi connectivity index (χ1v) is 9.06. The van der Waals surface area contributed by atoms with Crippen LogP contribution in [0.1, 0.15) is 16.1 Å². The summed E-state index contributed by atoms with van der Waals surface area (Å²) in [4.78, 5) is 24.5. The highest BCUT2D eigenvalue weighted by Crippen LogP contribution is 2.34. The second-order valence-electron chi connectivity index (χ2n) is 5.37. The minimum Gasteiger partial charge on any atom is -0.477 e. The molecule has 0 radical (unpaired) electrons. The van der Waals surface area contributed by atoms with E-state index in [0.29, 0.717) is 21.4 Å². The molecule has 1 aromatic heterocycles. The Bertz CT molecular complexity index is 998. The summed E-state index contributed by atoms with van der Waals surface area (Å²) in [5.41, 5.74) is 0.0755. The molecule has 3 rings (SSSR count). The summed E-state index contributed by atoms with van der Waals surface area (Å²) in [6, 6.07) is 19.0. The molecule has 0 spiro atoms. The molecule has 27 heavy (non-hydrogen) atoms. The number of carboxylic acid groups (broad SMARTS) is 1. The van der Waals surface area contributed by atoms with Gasteiger partial charge in [0.15, 0.2) is 5.09 Å². The second-order valence-corrected chi connectivity index (χ2v) is 6.83. The van der Waals surface area contributed by atoms with Crippen LogP contribution in [0.2, 0.25) is 5.02 Å². The van der Waals surface area contributed by atoms with Gasteiger partial charge in [-0.05, 0) is 36.4 Å². The molecule has 0 saturated carbocycles.